The van der Waals surface area contributed by atoms with E-state index in [1.54, 1.807) is 36.7 Å². The number of amides is 1. The zero-order chi connectivity index (χ0) is 18.6. The van der Waals surface area contributed by atoms with E-state index in [9.17, 15) is 4.79 Å². The number of nitrogens with zero attached hydrogens (tertiary/aromatic N) is 3. The molecule has 7 heteroatoms. The Hall–Kier alpha value is -2.86. The summed E-state index contributed by atoms with van der Waals surface area (Å²) in [5, 5.41) is 11.3. The van der Waals surface area contributed by atoms with Crippen molar-refractivity contribution in [3.8, 4) is 11.3 Å². The Morgan fingerprint density at radius 2 is 1.96 bits per heavy atom. The first-order chi connectivity index (χ1) is 13.2. The molecule has 2 N–H and O–H groups in total. The monoisotopic (exact) mass is 381 g/mol. The van der Waals surface area contributed by atoms with Gasteiger partial charge in [-0.3, -0.25) is 14.9 Å². The number of anilines is 1. The number of benzene rings is 1. The molecule has 0 unspecified atom stereocenters. The molecule has 0 bridgehead atoms. The van der Waals surface area contributed by atoms with Crippen molar-refractivity contribution in [2.75, 3.05) is 18.0 Å². The summed E-state index contributed by atoms with van der Waals surface area (Å²) in [5.74, 6) is 0.824. The number of H-pyrrole nitrogens is 1. The van der Waals surface area contributed by atoms with Crippen LogP contribution in [-0.2, 0) is 0 Å². The van der Waals surface area contributed by atoms with Crippen LogP contribution in [-0.4, -0.2) is 40.2 Å². The normalized spacial score (nSPS) is 16.9. The lowest BCUT2D eigenvalue weighted by Crippen LogP contribution is -2.48. The molecule has 6 nitrogen and oxygen atoms in total. The second kappa shape index (κ2) is 7.80. The molecular weight excluding hydrogens is 362 g/mol. The smallest absolute Gasteiger partial charge is 0.251 e. The molecule has 2 aromatic heterocycles. The third-order valence-corrected chi connectivity index (χ3v) is 4.99. The Morgan fingerprint density at radius 1 is 1.19 bits per heavy atom. The van der Waals surface area contributed by atoms with E-state index in [2.05, 4.69) is 25.4 Å². The number of pyridine rings is 1. The summed E-state index contributed by atoms with van der Waals surface area (Å²) in [5.41, 5.74) is 2.63. The molecule has 3 aromatic rings. The van der Waals surface area contributed by atoms with Gasteiger partial charge >= 0.3 is 0 Å². The van der Waals surface area contributed by atoms with Crippen LogP contribution in [0.1, 0.15) is 23.2 Å². The number of rotatable bonds is 4. The van der Waals surface area contributed by atoms with Crippen LogP contribution < -0.4 is 10.2 Å². The number of halogens is 1. The average Bonchev–Trinajstić information content (AvgIpc) is 3.20. The Labute approximate surface area is 162 Å². The maximum absolute atomic E-state index is 12.5. The van der Waals surface area contributed by atoms with Gasteiger partial charge in [0.15, 0.2) is 5.82 Å². The van der Waals surface area contributed by atoms with Gasteiger partial charge in [0.25, 0.3) is 5.91 Å². The molecule has 0 saturated carbocycles. The summed E-state index contributed by atoms with van der Waals surface area (Å²) in [4.78, 5) is 18.7. The van der Waals surface area contributed by atoms with Crippen molar-refractivity contribution in [1.82, 2.24) is 20.5 Å². The maximum atomic E-state index is 12.5. The fourth-order valence-corrected chi connectivity index (χ4v) is 3.45. The highest BCUT2D eigenvalue weighted by molar-refractivity contribution is 6.30. The molecule has 3 heterocycles. The summed E-state index contributed by atoms with van der Waals surface area (Å²) in [6.45, 7) is 1.66. The Morgan fingerprint density at radius 3 is 2.74 bits per heavy atom. The van der Waals surface area contributed by atoms with E-state index < -0.39 is 0 Å². The fraction of sp³-hybridized carbons (Fsp3) is 0.250. The van der Waals surface area contributed by atoms with Crippen molar-refractivity contribution in [1.29, 1.82) is 0 Å². The van der Waals surface area contributed by atoms with E-state index >= 15 is 0 Å². The van der Waals surface area contributed by atoms with Gasteiger partial charge in [-0.1, -0.05) is 11.6 Å². The largest absolute Gasteiger partial charge is 0.353 e. The minimum Gasteiger partial charge on any atom is -0.353 e. The quantitative estimate of drug-likeness (QED) is 0.725. The molecule has 1 atom stereocenters. The summed E-state index contributed by atoms with van der Waals surface area (Å²) >= 11 is 5.89. The predicted molar refractivity (Wildman–Crippen MR) is 106 cm³/mol. The Bertz CT molecular complexity index is 910. The number of carbonyl (C=O) groups is 1. The number of nitrogens with one attached hydrogen (secondary N) is 2. The number of aromatic amines is 1. The van der Waals surface area contributed by atoms with Crippen LogP contribution in [0.5, 0.6) is 0 Å². The summed E-state index contributed by atoms with van der Waals surface area (Å²) in [7, 11) is 0. The second-order valence-corrected chi connectivity index (χ2v) is 7.08. The molecule has 1 saturated heterocycles. The highest BCUT2D eigenvalue weighted by Crippen LogP contribution is 2.24. The molecule has 1 aromatic carbocycles. The van der Waals surface area contributed by atoms with E-state index in [-0.39, 0.29) is 11.9 Å². The maximum Gasteiger partial charge on any atom is 0.251 e. The van der Waals surface area contributed by atoms with Crippen molar-refractivity contribution in [2.24, 2.45) is 0 Å². The molecule has 0 radical (unpaired) electrons. The van der Waals surface area contributed by atoms with Crippen molar-refractivity contribution in [2.45, 2.75) is 18.9 Å². The number of piperidine rings is 1. The third kappa shape index (κ3) is 4.11. The van der Waals surface area contributed by atoms with Gasteiger partial charge in [-0.2, -0.15) is 5.10 Å². The fourth-order valence-electron chi connectivity index (χ4n) is 3.33. The molecule has 1 fully saturated rings. The lowest BCUT2D eigenvalue weighted by atomic mass is 10.0. The van der Waals surface area contributed by atoms with Crippen molar-refractivity contribution < 1.29 is 4.79 Å². The van der Waals surface area contributed by atoms with Crippen LogP contribution in [0.25, 0.3) is 11.3 Å². The first-order valence-electron chi connectivity index (χ1n) is 8.96. The van der Waals surface area contributed by atoms with E-state index in [1.165, 1.54) is 0 Å². The van der Waals surface area contributed by atoms with Gasteiger partial charge in [-0.15, -0.1) is 0 Å². The number of carbonyl (C=O) groups excluding carboxylic acids is 1. The van der Waals surface area contributed by atoms with Crippen molar-refractivity contribution in [3.05, 3.63) is 65.4 Å². The van der Waals surface area contributed by atoms with Crippen molar-refractivity contribution in [3.63, 3.8) is 0 Å². The predicted octanol–water partition coefficient (Wildman–Crippen LogP) is 3.52. The molecule has 1 aliphatic heterocycles. The number of hydrogen-bond donors (Lipinski definition) is 2. The second-order valence-electron chi connectivity index (χ2n) is 6.64. The topological polar surface area (TPSA) is 73.9 Å². The first-order valence-corrected chi connectivity index (χ1v) is 9.34. The van der Waals surface area contributed by atoms with E-state index in [0.29, 0.717) is 10.6 Å². The van der Waals surface area contributed by atoms with E-state index in [0.717, 1.165) is 43.0 Å². The molecule has 138 valence electrons. The van der Waals surface area contributed by atoms with Crippen LogP contribution in [0.3, 0.4) is 0 Å². The van der Waals surface area contributed by atoms with Crippen LogP contribution >= 0.6 is 11.6 Å². The van der Waals surface area contributed by atoms with Crippen LogP contribution in [0.15, 0.2) is 54.9 Å². The van der Waals surface area contributed by atoms with Gasteiger partial charge in [0.1, 0.15) is 0 Å². The summed E-state index contributed by atoms with van der Waals surface area (Å²) in [6, 6.07) is 13.0. The molecule has 1 aliphatic rings. The van der Waals surface area contributed by atoms with E-state index in [4.69, 9.17) is 11.6 Å². The first kappa shape index (κ1) is 17.5. The van der Waals surface area contributed by atoms with E-state index in [1.807, 2.05) is 18.2 Å². The molecular formula is C20H20ClN5O. The molecule has 27 heavy (non-hydrogen) atoms. The number of hydrogen-bond acceptors (Lipinski definition) is 4. The summed E-state index contributed by atoms with van der Waals surface area (Å²) in [6.07, 6.45) is 5.48. The van der Waals surface area contributed by atoms with Crippen LogP contribution in [0.4, 0.5) is 5.82 Å². The highest BCUT2D eigenvalue weighted by atomic mass is 35.5. The van der Waals surface area contributed by atoms with Crippen LogP contribution in [0.2, 0.25) is 5.02 Å². The van der Waals surface area contributed by atoms with Crippen LogP contribution in [0, 0.1) is 0 Å². The number of aromatic nitrogens is 3. The lowest BCUT2D eigenvalue weighted by Gasteiger charge is -2.33. The Balaban J connectivity index is 1.42. The van der Waals surface area contributed by atoms with Crippen molar-refractivity contribution >= 4 is 23.3 Å². The average molecular weight is 382 g/mol. The van der Waals surface area contributed by atoms with Gasteiger partial charge in [0.2, 0.25) is 0 Å². The highest BCUT2D eigenvalue weighted by Gasteiger charge is 2.23. The van der Waals surface area contributed by atoms with Gasteiger partial charge < -0.3 is 10.2 Å². The third-order valence-electron chi connectivity index (χ3n) is 4.74. The zero-order valence-electron chi connectivity index (χ0n) is 14.7. The minimum absolute atomic E-state index is 0.0713. The zero-order valence-corrected chi connectivity index (χ0v) is 15.5. The molecule has 0 aliphatic carbocycles. The molecule has 0 spiro atoms. The molecule has 1 amide bonds. The van der Waals surface area contributed by atoms with Gasteiger partial charge in [-0.05, 0) is 49.2 Å². The summed E-state index contributed by atoms with van der Waals surface area (Å²) < 4.78 is 0. The SMILES string of the molecule is O=C(N[C@H]1CCCN(c2cc(-c3ccncc3)[nH]n2)C1)c1ccc(Cl)cc1. The Kier molecular flexibility index (Phi) is 5.07. The van der Waals surface area contributed by atoms with Gasteiger partial charge in [-0.25, -0.2) is 0 Å². The minimum atomic E-state index is -0.0713. The molecule has 4 rings (SSSR count). The standard InChI is InChI=1S/C20H20ClN5O/c21-16-5-3-15(4-6-16)20(27)23-17-2-1-11-26(13-17)19-12-18(24-25-19)14-7-9-22-10-8-14/h3-10,12,17H,1-2,11,13H2,(H,23,27)(H,24,25)/t17-/m0/s1. The van der Waals surface area contributed by atoms with Gasteiger partial charge in [0.05, 0.1) is 5.69 Å². The lowest BCUT2D eigenvalue weighted by molar-refractivity contribution is 0.0933. The van der Waals surface area contributed by atoms with Gasteiger partial charge in [0, 0.05) is 53.7 Å².